The maximum Gasteiger partial charge on any atom is 0.348 e. The van der Waals surface area contributed by atoms with Crippen molar-refractivity contribution in [2.75, 3.05) is 7.11 Å². The van der Waals surface area contributed by atoms with Gasteiger partial charge in [-0.05, 0) is 41.4 Å². The largest absolute Gasteiger partial charge is 0.465 e. The molecule has 0 saturated carbocycles. The van der Waals surface area contributed by atoms with E-state index in [1.807, 2.05) is 19.9 Å². The number of halogens is 2. The van der Waals surface area contributed by atoms with Crippen LogP contribution in [0.5, 0.6) is 11.5 Å². The molecule has 0 spiro atoms. The number of carbonyl (C=O) groups is 1. The lowest BCUT2D eigenvalue weighted by Gasteiger charge is -2.13. The van der Waals surface area contributed by atoms with Gasteiger partial charge in [0.1, 0.15) is 16.4 Å². The van der Waals surface area contributed by atoms with Crippen LogP contribution in [0.1, 0.15) is 20.8 Å². The molecule has 1 aromatic heterocycles. The SMILES string of the molecule is COC(=O)c1cc(Oc2c(C)cc(Cl)c(Br)c2C)cs1. The molecular formula is C14H12BrClO3S. The summed E-state index contributed by atoms with van der Waals surface area (Å²) in [5, 5.41) is 2.42. The Balaban J connectivity index is 2.33. The van der Waals surface area contributed by atoms with Crippen molar-refractivity contribution in [2.45, 2.75) is 13.8 Å². The number of carbonyl (C=O) groups excluding carboxylic acids is 1. The van der Waals surface area contributed by atoms with Crippen molar-refractivity contribution in [2.24, 2.45) is 0 Å². The third kappa shape index (κ3) is 3.00. The van der Waals surface area contributed by atoms with Crippen LogP contribution in [-0.2, 0) is 4.74 Å². The highest BCUT2D eigenvalue weighted by atomic mass is 79.9. The highest BCUT2D eigenvalue weighted by Gasteiger charge is 2.15. The van der Waals surface area contributed by atoms with Gasteiger partial charge in [-0.1, -0.05) is 11.6 Å². The Kier molecular flexibility index (Phi) is 4.73. The van der Waals surface area contributed by atoms with Gasteiger partial charge in [0.25, 0.3) is 0 Å². The van der Waals surface area contributed by atoms with Gasteiger partial charge >= 0.3 is 5.97 Å². The van der Waals surface area contributed by atoms with Crippen LogP contribution in [0.4, 0.5) is 0 Å². The monoisotopic (exact) mass is 374 g/mol. The molecule has 0 amide bonds. The quantitative estimate of drug-likeness (QED) is 0.677. The normalized spacial score (nSPS) is 10.4. The van der Waals surface area contributed by atoms with Crippen LogP contribution in [0.15, 0.2) is 22.0 Å². The third-order valence-corrected chi connectivity index (χ3v) is 5.20. The zero-order valence-corrected chi connectivity index (χ0v) is 14.3. The van der Waals surface area contributed by atoms with E-state index in [2.05, 4.69) is 20.7 Å². The van der Waals surface area contributed by atoms with Crippen molar-refractivity contribution in [1.29, 1.82) is 0 Å². The molecule has 2 aromatic rings. The highest BCUT2D eigenvalue weighted by Crippen LogP contribution is 2.38. The molecule has 0 bridgehead atoms. The van der Waals surface area contributed by atoms with Crippen LogP contribution in [0.25, 0.3) is 0 Å². The molecule has 0 fully saturated rings. The minimum absolute atomic E-state index is 0.365. The van der Waals surface area contributed by atoms with Crippen molar-refractivity contribution in [1.82, 2.24) is 0 Å². The summed E-state index contributed by atoms with van der Waals surface area (Å²) in [6.45, 7) is 3.85. The predicted octanol–water partition coefficient (Wildman–Crippen LogP) is 5.36. The van der Waals surface area contributed by atoms with E-state index in [4.69, 9.17) is 16.3 Å². The van der Waals surface area contributed by atoms with Crippen LogP contribution in [-0.4, -0.2) is 13.1 Å². The van der Waals surface area contributed by atoms with E-state index >= 15 is 0 Å². The number of hydrogen-bond acceptors (Lipinski definition) is 4. The van der Waals surface area contributed by atoms with Crippen molar-refractivity contribution in [3.63, 3.8) is 0 Å². The summed E-state index contributed by atoms with van der Waals surface area (Å²) < 4.78 is 11.3. The molecule has 0 aliphatic carbocycles. The summed E-state index contributed by atoms with van der Waals surface area (Å²) in [7, 11) is 1.35. The maximum atomic E-state index is 11.4. The van der Waals surface area contributed by atoms with Crippen molar-refractivity contribution in [3.8, 4) is 11.5 Å². The Morgan fingerprint density at radius 3 is 2.70 bits per heavy atom. The van der Waals surface area contributed by atoms with Gasteiger partial charge in [-0.2, -0.15) is 0 Å². The second-order valence-electron chi connectivity index (χ2n) is 4.18. The van der Waals surface area contributed by atoms with E-state index in [9.17, 15) is 4.79 Å². The molecule has 0 atom stereocenters. The zero-order chi connectivity index (χ0) is 14.9. The van der Waals surface area contributed by atoms with Gasteiger partial charge in [-0.3, -0.25) is 0 Å². The molecule has 2 rings (SSSR count). The minimum atomic E-state index is -0.365. The molecule has 0 N–H and O–H groups in total. The van der Waals surface area contributed by atoms with Crippen LogP contribution < -0.4 is 4.74 Å². The summed E-state index contributed by atoms with van der Waals surface area (Å²) in [4.78, 5) is 11.9. The molecule has 106 valence electrons. The summed E-state index contributed by atoms with van der Waals surface area (Å²) in [6, 6.07) is 3.50. The average molecular weight is 376 g/mol. The predicted molar refractivity (Wildman–Crippen MR) is 84.4 cm³/mol. The first-order valence-electron chi connectivity index (χ1n) is 5.74. The Hall–Kier alpha value is -1.04. The number of methoxy groups -OCH3 is 1. The summed E-state index contributed by atoms with van der Waals surface area (Å²) >= 11 is 10.8. The molecule has 0 radical (unpaired) electrons. The zero-order valence-electron chi connectivity index (χ0n) is 11.1. The maximum absolute atomic E-state index is 11.4. The van der Waals surface area contributed by atoms with Crippen LogP contribution in [0, 0.1) is 13.8 Å². The molecular weight excluding hydrogens is 364 g/mol. The lowest BCUT2D eigenvalue weighted by atomic mass is 10.1. The van der Waals surface area contributed by atoms with Crippen LogP contribution in [0.2, 0.25) is 5.02 Å². The van der Waals surface area contributed by atoms with E-state index in [0.29, 0.717) is 15.6 Å². The molecule has 0 saturated heterocycles. The summed E-state index contributed by atoms with van der Waals surface area (Å²) in [5.74, 6) is 0.974. The smallest absolute Gasteiger partial charge is 0.348 e. The molecule has 0 aliphatic heterocycles. The lowest BCUT2D eigenvalue weighted by Crippen LogP contribution is -1.97. The summed E-state index contributed by atoms with van der Waals surface area (Å²) in [6.07, 6.45) is 0. The Morgan fingerprint density at radius 1 is 1.35 bits per heavy atom. The number of benzene rings is 1. The first kappa shape index (κ1) is 15.4. The number of hydrogen-bond donors (Lipinski definition) is 0. The molecule has 3 nitrogen and oxygen atoms in total. The van der Waals surface area contributed by atoms with Gasteiger partial charge in [0.2, 0.25) is 0 Å². The van der Waals surface area contributed by atoms with E-state index in [1.54, 1.807) is 11.4 Å². The minimum Gasteiger partial charge on any atom is -0.465 e. The van der Waals surface area contributed by atoms with E-state index in [0.717, 1.165) is 21.3 Å². The number of aryl methyl sites for hydroxylation is 1. The average Bonchev–Trinajstić information content (AvgIpc) is 2.89. The summed E-state index contributed by atoms with van der Waals surface area (Å²) in [5.41, 5.74) is 1.85. The van der Waals surface area contributed by atoms with Gasteiger partial charge in [0, 0.05) is 21.5 Å². The van der Waals surface area contributed by atoms with Gasteiger partial charge in [-0.15, -0.1) is 11.3 Å². The highest BCUT2D eigenvalue weighted by molar-refractivity contribution is 9.10. The fraction of sp³-hybridized carbons (Fsp3) is 0.214. The molecule has 6 heteroatoms. The van der Waals surface area contributed by atoms with E-state index in [1.165, 1.54) is 18.4 Å². The van der Waals surface area contributed by atoms with E-state index < -0.39 is 0 Å². The number of esters is 1. The molecule has 0 aliphatic rings. The topological polar surface area (TPSA) is 35.5 Å². The van der Waals surface area contributed by atoms with Gasteiger partial charge in [0.05, 0.1) is 12.1 Å². The second kappa shape index (κ2) is 6.16. The fourth-order valence-electron chi connectivity index (χ4n) is 1.75. The third-order valence-electron chi connectivity index (χ3n) is 2.76. The van der Waals surface area contributed by atoms with Crippen molar-refractivity contribution < 1.29 is 14.3 Å². The van der Waals surface area contributed by atoms with Gasteiger partial charge in [0.15, 0.2) is 0 Å². The van der Waals surface area contributed by atoms with Crippen molar-refractivity contribution >= 4 is 44.8 Å². The van der Waals surface area contributed by atoms with Gasteiger partial charge in [-0.25, -0.2) is 4.79 Å². The van der Waals surface area contributed by atoms with Crippen LogP contribution >= 0.6 is 38.9 Å². The molecule has 0 unspecified atom stereocenters. The molecule has 20 heavy (non-hydrogen) atoms. The van der Waals surface area contributed by atoms with E-state index in [-0.39, 0.29) is 5.97 Å². The lowest BCUT2D eigenvalue weighted by molar-refractivity contribution is 0.0606. The number of rotatable bonds is 3. The van der Waals surface area contributed by atoms with Crippen LogP contribution in [0.3, 0.4) is 0 Å². The standard InChI is InChI=1S/C14H12BrClO3S/c1-7-4-10(16)12(15)8(2)13(7)19-9-5-11(20-6-9)14(17)18-3/h4-6H,1-3H3. The second-order valence-corrected chi connectivity index (χ2v) is 6.30. The Bertz CT molecular complexity index is 667. The molecule has 1 heterocycles. The molecule has 1 aromatic carbocycles. The Labute approximate surface area is 134 Å². The fourth-order valence-corrected chi connectivity index (χ4v) is 3.07. The van der Waals surface area contributed by atoms with Crippen molar-refractivity contribution in [3.05, 3.63) is 43.0 Å². The number of thiophene rings is 1. The Morgan fingerprint density at radius 2 is 2.05 bits per heavy atom. The first-order chi connectivity index (χ1) is 9.43. The first-order valence-corrected chi connectivity index (χ1v) is 7.79. The number of ether oxygens (including phenoxy) is 2. The van der Waals surface area contributed by atoms with Gasteiger partial charge < -0.3 is 9.47 Å².